The molecule has 104 valence electrons. The zero-order valence-corrected chi connectivity index (χ0v) is 10.9. The van der Waals surface area contributed by atoms with Gasteiger partial charge in [0.05, 0.1) is 0 Å². The van der Waals surface area contributed by atoms with E-state index in [1.807, 2.05) is 6.92 Å². The number of urea groups is 1. The molecule has 0 atom stereocenters. The number of anilines is 1. The summed E-state index contributed by atoms with van der Waals surface area (Å²) in [4.78, 5) is 23.7. The molecule has 0 aliphatic heterocycles. The Kier molecular flexibility index (Phi) is 5.29. The third-order valence-corrected chi connectivity index (χ3v) is 2.40. The number of carbonyl (C=O) groups is 2. The van der Waals surface area contributed by atoms with E-state index in [1.54, 1.807) is 13.0 Å². The van der Waals surface area contributed by atoms with Crippen LogP contribution in [-0.4, -0.2) is 35.1 Å². The van der Waals surface area contributed by atoms with E-state index in [-0.39, 0.29) is 6.54 Å². The molecule has 0 unspecified atom stereocenters. The molecule has 0 bridgehead atoms. The van der Waals surface area contributed by atoms with Crippen molar-refractivity contribution < 1.29 is 19.1 Å². The van der Waals surface area contributed by atoms with Gasteiger partial charge < -0.3 is 15.3 Å². The first-order valence-electron chi connectivity index (χ1n) is 5.97. The van der Waals surface area contributed by atoms with E-state index in [0.717, 1.165) is 0 Å². The Morgan fingerprint density at radius 3 is 2.58 bits per heavy atom. The Bertz CT molecular complexity index is 457. The first kappa shape index (κ1) is 14.9. The van der Waals surface area contributed by atoms with Crippen molar-refractivity contribution >= 4 is 17.7 Å². The highest BCUT2D eigenvalue weighted by Crippen LogP contribution is 2.14. The molecule has 5 nitrogen and oxygen atoms in total. The zero-order valence-electron chi connectivity index (χ0n) is 10.9. The van der Waals surface area contributed by atoms with Gasteiger partial charge in [0, 0.05) is 12.2 Å². The first-order valence-corrected chi connectivity index (χ1v) is 5.97. The van der Waals surface area contributed by atoms with Crippen LogP contribution in [0.2, 0.25) is 0 Å². The average Bonchev–Trinajstić information content (AvgIpc) is 2.26. The first-order chi connectivity index (χ1) is 8.92. The number of aliphatic carboxylic acids is 1. The van der Waals surface area contributed by atoms with E-state index in [9.17, 15) is 14.0 Å². The number of carboxylic acid groups (broad SMARTS) is 1. The Morgan fingerprint density at radius 1 is 1.37 bits per heavy atom. The number of rotatable bonds is 5. The Hall–Kier alpha value is -2.11. The summed E-state index contributed by atoms with van der Waals surface area (Å²) in [6.45, 7) is 3.49. The predicted octanol–water partition coefficient (Wildman–Crippen LogP) is 2.46. The number of nitrogens with zero attached hydrogens (tertiary/aromatic N) is 1. The lowest BCUT2D eigenvalue weighted by Gasteiger charge is -2.20. The lowest BCUT2D eigenvalue weighted by molar-refractivity contribution is -0.137. The molecule has 1 rings (SSSR count). The fourth-order valence-corrected chi connectivity index (χ4v) is 1.70. The van der Waals surface area contributed by atoms with E-state index >= 15 is 0 Å². The summed E-state index contributed by atoms with van der Waals surface area (Å²) in [6, 6.07) is 3.60. The van der Waals surface area contributed by atoms with Crippen LogP contribution < -0.4 is 5.32 Å². The average molecular weight is 268 g/mol. The van der Waals surface area contributed by atoms with Crippen molar-refractivity contribution in [2.75, 3.05) is 18.4 Å². The summed E-state index contributed by atoms with van der Waals surface area (Å²) in [5, 5.41) is 11.2. The third-order valence-electron chi connectivity index (χ3n) is 2.40. The molecule has 0 aromatic heterocycles. The molecule has 0 spiro atoms. The lowest BCUT2D eigenvalue weighted by atomic mass is 10.2. The van der Waals surface area contributed by atoms with Gasteiger partial charge in [0.15, 0.2) is 0 Å². The van der Waals surface area contributed by atoms with Crippen LogP contribution in [0.1, 0.15) is 18.9 Å². The number of nitrogens with one attached hydrogen (secondary N) is 1. The highest BCUT2D eigenvalue weighted by molar-refractivity contribution is 5.91. The number of hydrogen-bond acceptors (Lipinski definition) is 2. The van der Waals surface area contributed by atoms with Crippen molar-refractivity contribution in [3.8, 4) is 0 Å². The summed E-state index contributed by atoms with van der Waals surface area (Å²) >= 11 is 0. The molecule has 0 fully saturated rings. The second-order valence-electron chi connectivity index (χ2n) is 4.26. The second kappa shape index (κ2) is 6.72. The van der Waals surface area contributed by atoms with Crippen LogP contribution in [0.4, 0.5) is 14.9 Å². The highest BCUT2D eigenvalue weighted by Gasteiger charge is 2.16. The third kappa shape index (κ3) is 4.95. The largest absolute Gasteiger partial charge is 0.480 e. The molecule has 19 heavy (non-hydrogen) atoms. The summed E-state index contributed by atoms with van der Waals surface area (Å²) in [7, 11) is 0. The minimum Gasteiger partial charge on any atom is -0.480 e. The van der Waals surface area contributed by atoms with Crippen molar-refractivity contribution in [1.29, 1.82) is 0 Å². The maximum absolute atomic E-state index is 13.2. The van der Waals surface area contributed by atoms with Crippen molar-refractivity contribution in [1.82, 2.24) is 4.90 Å². The molecule has 2 amide bonds. The molecular weight excluding hydrogens is 251 g/mol. The van der Waals surface area contributed by atoms with Gasteiger partial charge in [-0.3, -0.25) is 4.79 Å². The van der Waals surface area contributed by atoms with Gasteiger partial charge in [0.1, 0.15) is 12.4 Å². The molecule has 6 heteroatoms. The Morgan fingerprint density at radius 2 is 2.05 bits per heavy atom. The van der Waals surface area contributed by atoms with E-state index in [1.165, 1.54) is 17.0 Å². The Labute approximate surface area is 111 Å². The molecule has 0 aliphatic carbocycles. The van der Waals surface area contributed by atoms with Crippen LogP contribution in [0.3, 0.4) is 0 Å². The summed E-state index contributed by atoms with van der Waals surface area (Å²) in [5.74, 6) is -1.53. The van der Waals surface area contributed by atoms with Gasteiger partial charge >= 0.3 is 12.0 Å². The lowest BCUT2D eigenvalue weighted by Crippen LogP contribution is -2.39. The SMILES string of the molecule is CCCN(CC(=O)O)C(=O)Nc1cc(C)cc(F)c1. The summed E-state index contributed by atoms with van der Waals surface area (Å²) < 4.78 is 13.2. The number of carboxylic acids is 1. The smallest absolute Gasteiger partial charge is 0.323 e. The molecule has 2 N–H and O–H groups in total. The number of benzene rings is 1. The molecule has 0 aliphatic rings. The van der Waals surface area contributed by atoms with Gasteiger partial charge in [0.2, 0.25) is 0 Å². The number of halogens is 1. The summed E-state index contributed by atoms with van der Waals surface area (Å²) in [6.07, 6.45) is 0.642. The maximum atomic E-state index is 13.2. The fourth-order valence-electron chi connectivity index (χ4n) is 1.70. The van der Waals surface area contributed by atoms with Gasteiger partial charge in [-0.05, 0) is 37.1 Å². The van der Waals surface area contributed by atoms with Crippen molar-refractivity contribution in [2.24, 2.45) is 0 Å². The quantitative estimate of drug-likeness (QED) is 0.861. The molecule has 0 saturated carbocycles. The van der Waals surface area contributed by atoms with Gasteiger partial charge in [-0.1, -0.05) is 6.92 Å². The minimum absolute atomic E-state index is 0.314. The number of hydrogen-bond donors (Lipinski definition) is 2. The topological polar surface area (TPSA) is 69.6 Å². The molecule has 0 heterocycles. The highest BCUT2D eigenvalue weighted by atomic mass is 19.1. The van der Waals surface area contributed by atoms with Gasteiger partial charge in [-0.15, -0.1) is 0 Å². The summed E-state index contributed by atoms with van der Waals surface area (Å²) in [5.41, 5.74) is 0.990. The predicted molar refractivity (Wildman–Crippen MR) is 69.7 cm³/mol. The van der Waals surface area contributed by atoms with E-state index < -0.39 is 17.8 Å². The maximum Gasteiger partial charge on any atom is 0.323 e. The zero-order chi connectivity index (χ0) is 14.4. The van der Waals surface area contributed by atoms with Crippen LogP contribution >= 0.6 is 0 Å². The van der Waals surface area contributed by atoms with E-state index in [2.05, 4.69) is 5.32 Å². The fraction of sp³-hybridized carbons (Fsp3) is 0.385. The van der Waals surface area contributed by atoms with E-state index in [0.29, 0.717) is 24.2 Å². The van der Waals surface area contributed by atoms with Crippen molar-refractivity contribution in [3.63, 3.8) is 0 Å². The Balaban J connectivity index is 2.77. The van der Waals surface area contributed by atoms with Crippen LogP contribution in [0.25, 0.3) is 0 Å². The molecular formula is C13H17FN2O3. The number of aryl methyl sites for hydroxylation is 1. The van der Waals surface area contributed by atoms with Gasteiger partial charge in [-0.25, -0.2) is 9.18 Å². The number of carbonyl (C=O) groups excluding carboxylic acids is 1. The van der Waals surface area contributed by atoms with Crippen LogP contribution in [0, 0.1) is 12.7 Å². The van der Waals surface area contributed by atoms with E-state index in [4.69, 9.17) is 5.11 Å². The monoisotopic (exact) mass is 268 g/mol. The van der Waals surface area contributed by atoms with Gasteiger partial charge in [-0.2, -0.15) is 0 Å². The van der Waals surface area contributed by atoms with Crippen LogP contribution in [0.15, 0.2) is 18.2 Å². The minimum atomic E-state index is -1.08. The van der Waals surface area contributed by atoms with Crippen LogP contribution in [-0.2, 0) is 4.79 Å². The molecule has 0 saturated heterocycles. The van der Waals surface area contributed by atoms with Crippen molar-refractivity contribution in [2.45, 2.75) is 20.3 Å². The molecule has 0 radical (unpaired) electrons. The standard InChI is InChI=1S/C13H17FN2O3/c1-3-4-16(8-12(17)18)13(19)15-11-6-9(2)5-10(14)7-11/h5-7H,3-4,8H2,1-2H3,(H,15,19)(H,17,18). The van der Waals surface area contributed by atoms with Gasteiger partial charge in [0.25, 0.3) is 0 Å². The molecule has 1 aromatic carbocycles. The molecule has 1 aromatic rings. The van der Waals surface area contributed by atoms with Crippen molar-refractivity contribution in [3.05, 3.63) is 29.6 Å². The number of amides is 2. The normalized spacial score (nSPS) is 10.1. The second-order valence-corrected chi connectivity index (χ2v) is 4.26. The van der Waals surface area contributed by atoms with Crippen LogP contribution in [0.5, 0.6) is 0 Å².